The molecule has 0 aromatic carbocycles. The number of aliphatic carboxylic acids is 1. The number of hydrogen-bond acceptors (Lipinski definition) is 4. The fraction of sp³-hybridized carbons (Fsp3) is 0.643. The van der Waals surface area contributed by atoms with Gasteiger partial charge in [-0.1, -0.05) is 13.8 Å². The lowest BCUT2D eigenvalue weighted by Crippen LogP contribution is -2.36. The number of thiazole rings is 1. The highest BCUT2D eigenvalue weighted by Crippen LogP contribution is 2.20. The van der Waals surface area contributed by atoms with Crippen molar-refractivity contribution in [3.63, 3.8) is 0 Å². The van der Waals surface area contributed by atoms with Gasteiger partial charge in [-0.15, -0.1) is 11.3 Å². The van der Waals surface area contributed by atoms with Gasteiger partial charge in [0.25, 0.3) is 0 Å². The molecule has 0 aliphatic heterocycles. The molecule has 1 heterocycles. The van der Waals surface area contributed by atoms with Crippen molar-refractivity contribution < 1.29 is 14.7 Å². The molecule has 3 N–H and O–H groups in total. The Labute approximate surface area is 129 Å². The van der Waals surface area contributed by atoms with E-state index in [9.17, 15) is 9.59 Å². The van der Waals surface area contributed by atoms with Crippen LogP contribution in [0.15, 0.2) is 11.6 Å². The van der Waals surface area contributed by atoms with Crippen molar-refractivity contribution in [2.75, 3.05) is 6.54 Å². The van der Waals surface area contributed by atoms with Crippen molar-refractivity contribution >= 4 is 23.3 Å². The monoisotopic (exact) mass is 313 g/mol. The topological polar surface area (TPSA) is 91.3 Å². The average molecular weight is 313 g/mol. The number of nitrogens with zero attached hydrogens (tertiary/aromatic N) is 1. The fourth-order valence-corrected chi connectivity index (χ4v) is 2.61. The Kier molecular flexibility index (Phi) is 7.74. The van der Waals surface area contributed by atoms with Gasteiger partial charge in [0.05, 0.1) is 6.54 Å². The van der Waals surface area contributed by atoms with Crippen LogP contribution in [0.1, 0.15) is 38.1 Å². The molecular weight excluding hydrogens is 290 g/mol. The highest BCUT2D eigenvalue weighted by Gasteiger charge is 2.15. The molecule has 1 aromatic rings. The predicted octanol–water partition coefficient (Wildman–Crippen LogP) is 2.47. The summed E-state index contributed by atoms with van der Waals surface area (Å²) in [5.41, 5.74) is 0. The Morgan fingerprint density at radius 2 is 2.10 bits per heavy atom. The molecule has 1 unspecified atom stereocenters. The molecule has 2 amide bonds. The summed E-state index contributed by atoms with van der Waals surface area (Å²) >= 11 is 1.50. The standard InChI is InChI=1S/C14H23N3O3S/c1-10(2)11(3-4-13(18)19)5-6-16-14(20)17-9-12-15-7-8-21-12/h7-8,10-11H,3-6,9H2,1-2H3,(H,18,19)(H2,16,17,20). The number of nitrogens with one attached hydrogen (secondary N) is 2. The van der Waals surface area contributed by atoms with Gasteiger partial charge in [0.15, 0.2) is 0 Å². The van der Waals surface area contributed by atoms with E-state index in [-0.39, 0.29) is 12.5 Å². The molecule has 0 aliphatic carbocycles. The van der Waals surface area contributed by atoms with Gasteiger partial charge in [0.1, 0.15) is 5.01 Å². The molecule has 0 aliphatic rings. The zero-order chi connectivity index (χ0) is 15.7. The van der Waals surface area contributed by atoms with Crippen molar-refractivity contribution in [1.82, 2.24) is 15.6 Å². The molecule has 118 valence electrons. The van der Waals surface area contributed by atoms with E-state index in [1.54, 1.807) is 6.20 Å². The molecule has 0 spiro atoms. The van der Waals surface area contributed by atoms with E-state index < -0.39 is 5.97 Å². The smallest absolute Gasteiger partial charge is 0.315 e. The van der Waals surface area contributed by atoms with Crippen LogP contribution in [0.3, 0.4) is 0 Å². The van der Waals surface area contributed by atoms with Crippen molar-refractivity contribution in [2.45, 2.75) is 39.7 Å². The van der Waals surface area contributed by atoms with Gasteiger partial charge < -0.3 is 15.7 Å². The van der Waals surface area contributed by atoms with Crippen LogP contribution in [0.25, 0.3) is 0 Å². The highest BCUT2D eigenvalue weighted by molar-refractivity contribution is 7.09. The summed E-state index contributed by atoms with van der Waals surface area (Å²) in [5, 5.41) is 17.0. The third-order valence-corrected chi connectivity index (χ3v) is 4.14. The van der Waals surface area contributed by atoms with E-state index in [1.807, 2.05) is 5.38 Å². The largest absolute Gasteiger partial charge is 0.481 e. The zero-order valence-electron chi connectivity index (χ0n) is 12.5. The molecule has 0 saturated carbocycles. The summed E-state index contributed by atoms with van der Waals surface area (Å²) in [7, 11) is 0. The van der Waals surface area contributed by atoms with Crippen LogP contribution >= 0.6 is 11.3 Å². The molecule has 0 saturated heterocycles. The van der Waals surface area contributed by atoms with E-state index in [0.717, 1.165) is 11.4 Å². The maximum atomic E-state index is 11.6. The van der Waals surface area contributed by atoms with Crippen molar-refractivity contribution in [3.05, 3.63) is 16.6 Å². The molecule has 6 nitrogen and oxygen atoms in total. The SMILES string of the molecule is CC(C)C(CCNC(=O)NCc1nccs1)CCC(=O)O. The van der Waals surface area contributed by atoms with Gasteiger partial charge in [-0.05, 0) is 24.7 Å². The summed E-state index contributed by atoms with van der Waals surface area (Å²) in [6.45, 7) is 5.13. The van der Waals surface area contributed by atoms with E-state index in [0.29, 0.717) is 31.3 Å². The Balaban J connectivity index is 2.20. The first-order valence-corrected chi connectivity index (χ1v) is 7.99. The number of aromatic nitrogens is 1. The highest BCUT2D eigenvalue weighted by atomic mass is 32.1. The van der Waals surface area contributed by atoms with Gasteiger partial charge >= 0.3 is 12.0 Å². The number of amides is 2. The number of carbonyl (C=O) groups is 2. The number of hydrogen-bond donors (Lipinski definition) is 3. The van der Waals surface area contributed by atoms with Crippen LogP contribution < -0.4 is 10.6 Å². The van der Waals surface area contributed by atoms with E-state index in [1.165, 1.54) is 11.3 Å². The van der Waals surface area contributed by atoms with Crippen LogP contribution in [0, 0.1) is 11.8 Å². The van der Waals surface area contributed by atoms with Crippen LogP contribution in [-0.2, 0) is 11.3 Å². The van der Waals surface area contributed by atoms with E-state index in [4.69, 9.17) is 5.11 Å². The van der Waals surface area contributed by atoms with Crippen LogP contribution in [0.5, 0.6) is 0 Å². The van der Waals surface area contributed by atoms with Crippen molar-refractivity contribution in [3.8, 4) is 0 Å². The van der Waals surface area contributed by atoms with Gasteiger partial charge in [-0.25, -0.2) is 9.78 Å². The molecule has 0 bridgehead atoms. The minimum Gasteiger partial charge on any atom is -0.481 e. The number of carboxylic acid groups (broad SMARTS) is 1. The Hall–Kier alpha value is -1.63. The summed E-state index contributed by atoms with van der Waals surface area (Å²) in [4.78, 5) is 26.3. The summed E-state index contributed by atoms with van der Waals surface area (Å²) in [6, 6.07) is -0.217. The number of urea groups is 1. The van der Waals surface area contributed by atoms with E-state index >= 15 is 0 Å². The summed E-state index contributed by atoms with van der Waals surface area (Å²) in [5.74, 6) is -0.0558. The molecule has 1 atom stereocenters. The number of carboxylic acids is 1. The third-order valence-electron chi connectivity index (χ3n) is 3.36. The van der Waals surface area contributed by atoms with Gasteiger partial charge in [-0.2, -0.15) is 0 Å². The molecular formula is C14H23N3O3S. The Bertz CT molecular complexity index is 435. The maximum Gasteiger partial charge on any atom is 0.315 e. The minimum atomic E-state index is -0.769. The first-order chi connectivity index (χ1) is 9.99. The second-order valence-corrected chi connectivity index (χ2v) is 6.24. The first kappa shape index (κ1) is 17.4. The molecule has 0 fully saturated rings. The van der Waals surface area contributed by atoms with Gasteiger partial charge in [-0.3, -0.25) is 4.79 Å². The Morgan fingerprint density at radius 1 is 1.33 bits per heavy atom. The lowest BCUT2D eigenvalue weighted by atomic mass is 9.88. The lowest BCUT2D eigenvalue weighted by molar-refractivity contribution is -0.137. The van der Waals surface area contributed by atoms with Gasteiger partial charge in [0.2, 0.25) is 0 Å². The molecule has 21 heavy (non-hydrogen) atoms. The van der Waals surface area contributed by atoms with Crippen LogP contribution in [0.2, 0.25) is 0 Å². The molecule has 1 rings (SSSR count). The molecule has 7 heteroatoms. The number of rotatable bonds is 9. The summed E-state index contributed by atoms with van der Waals surface area (Å²) in [6.07, 6.45) is 3.32. The number of carbonyl (C=O) groups excluding carboxylic acids is 1. The van der Waals surface area contributed by atoms with Crippen molar-refractivity contribution in [2.24, 2.45) is 11.8 Å². The Morgan fingerprint density at radius 3 is 2.67 bits per heavy atom. The summed E-state index contributed by atoms with van der Waals surface area (Å²) < 4.78 is 0. The lowest BCUT2D eigenvalue weighted by Gasteiger charge is -2.20. The van der Waals surface area contributed by atoms with E-state index in [2.05, 4.69) is 29.5 Å². The van der Waals surface area contributed by atoms with Crippen LogP contribution in [-0.4, -0.2) is 28.6 Å². The second-order valence-electron chi connectivity index (χ2n) is 5.26. The second kappa shape index (κ2) is 9.33. The maximum absolute atomic E-state index is 11.6. The molecule has 1 aromatic heterocycles. The third kappa shape index (κ3) is 7.65. The zero-order valence-corrected chi connectivity index (χ0v) is 13.3. The minimum absolute atomic E-state index is 0.180. The van der Waals surface area contributed by atoms with Gasteiger partial charge in [0, 0.05) is 24.5 Å². The molecule has 0 radical (unpaired) electrons. The predicted molar refractivity (Wildman–Crippen MR) is 82.2 cm³/mol. The van der Waals surface area contributed by atoms with Crippen LogP contribution in [0.4, 0.5) is 4.79 Å². The normalized spacial score (nSPS) is 12.1. The fourth-order valence-electron chi connectivity index (χ4n) is 2.05. The first-order valence-electron chi connectivity index (χ1n) is 7.11. The van der Waals surface area contributed by atoms with Crippen molar-refractivity contribution in [1.29, 1.82) is 0 Å². The quantitative estimate of drug-likeness (QED) is 0.653. The average Bonchev–Trinajstić information content (AvgIpc) is 2.92.